The smallest absolute Gasteiger partial charge is 0.261 e. The molecule has 0 N–H and O–H groups in total. The second-order valence-corrected chi connectivity index (χ2v) is 8.04. The van der Waals surface area contributed by atoms with E-state index in [9.17, 15) is 8.42 Å². The fourth-order valence-corrected chi connectivity index (χ4v) is 3.70. The second kappa shape index (κ2) is 6.35. The van der Waals surface area contributed by atoms with Crippen LogP contribution >= 0.6 is 10.7 Å². The lowest BCUT2D eigenvalue weighted by Crippen LogP contribution is -2.30. The van der Waals surface area contributed by atoms with E-state index in [0.29, 0.717) is 5.92 Å². The lowest BCUT2D eigenvalue weighted by Gasteiger charge is -2.31. The molecule has 3 nitrogen and oxygen atoms in total. The maximum absolute atomic E-state index is 11.3. The number of halogens is 1. The van der Waals surface area contributed by atoms with Gasteiger partial charge < -0.3 is 4.74 Å². The topological polar surface area (TPSA) is 43.4 Å². The molecule has 0 aliphatic heterocycles. The summed E-state index contributed by atoms with van der Waals surface area (Å²) in [5.74, 6) is 1.36. The van der Waals surface area contributed by atoms with E-state index in [1.807, 2.05) is 6.92 Å². The number of hydrogen-bond acceptors (Lipinski definition) is 3. The molecule has 2 atom stereocenters. The third-order valence-corrected chi connectivity index (χ3v) is 5.42. The first-order chi connectivity index (χ1) is 9.41. The van der Waals surface area contributed by atoms with Gasteiger partial charge >= 0.3 is 0 Å². The van der Waals surface area contributed by atoms with Crippen molar-refractivity contribution in [3.63, 3.8) is 0 Å². The van der Waals surface area contributed by atoms with Crippen LogP contribution in [0.3, 0.4) is 0 Å². The van der Waals surface area contributed by atoms with Crippen molar-refractivity contribution in [2.24, 2.45) is 5.92 Å². The van der Waals surface area contributed by atoms with Gasteiger partial charge in [-0.3, -0.25) is 0 Å². The van der Waals surface area contributed by atoms with Crippen molar-refractivity contribution in [2.75, 3.05) is 0 Å². The summed E-state index contributed by atoms with van der Waals surface area (Å²) < 4.78 is 28.7. The van der Waals surface area contributed by atoms with Gasteiger partial charge in [-0.25, -0.2) is 8.42 Å². The maximum Gasteiger partial charge on any atom is 0.261 e. The van der Waals surface area contributed by atoms with Gasteiger partial charge in [0.2, 0.25) is 0 Å². The van der Waals surface area contributed by atoms with Crippen LogP contribution in [-0.4, -0.2) is 14.5 Å². The third-order valence-electron chi connectivity index (χ3n) is 4.07. The molecule has 0 spiro atoms. The molecule has 1 aliphatic rings. The van der Waals surface area contributed by atoms with Crippen LogP contribution in [0.15, 0.2) is 23.1 Å². The van der Waals surface area contributed by atoms with Crippen LogP contribution in [0.1, 0.15) is 44.6 Å². The minimum Gasteiger partial charge on any atom is -0.490 e. The van der Waals surface area contributed by atoms with Gasteiger partial charge in [0.1, 0.15) is 11.9 Å². The van der Waals surface area contributed by atoms with Crippen molar-refractivity contribution < 1.29 is 13.2 Å². The Kier molecular flexibility index (Phi) is 4.97. The minimum absolute atomic E-state index is 0.125. The Balaban J connectivity index is 2.17. The first-order valence-corrected chi connectivity index (χ1v) is 9.44. The van der Waals surface area contributed by atoms with Crippen LogP contribution in [0.25, 0.3) is 0 Å². The molecule has 0 saturated heterocycles. The summed E-state index contributed by atoms with van der Waals surface area (Å²) in [5.41, 5.74) is 0.812. The molecule has 0 amide bonds. The molecule has 0 aromatic heterocycles. The normalized spacial score (nSPS) is 23.6. The van der Waals surface area contributed by atoms with E-state index < -0.39 is 9.05 Å². The summed E-state index contributed by atoms with van der Waals surface area (Å²) in [4.78, 5) is 0.125. The van der Waals surface area contributed by atoms with E-state index in [0.717, 1.165) is 24.2 Å². The number of aryl methyl sites for hydroxylation is 1. The highest BCUT2D eigenvalue weighted by atomic mass is 35.7. The molecule has 1 aromatic rings. The Morgan fingerprint density at radius 1 is 1.30 bits per heavy atom. The maximum atomic E-state index is 11.3. The summed E-state index contributed by atoms with van der Waals surface area (Å²) in [5, 5.41) is 0. The van der Waals surface area contributed by atoms with Gasteiger partial charge in [0.05, 0.1) is 4.90 Å². The van der Waals surface area contributed by atoms with Crippen LogP contribution in [0, 0.1) is 12.8 Å². The Morgan fingerprint density at radius 3 is 2.60 bits per heavy atom. The van der Waals surface area contributed by atoms with Crippen molar-refractivity contribution >= 4 is 19.7 Å². The van der Waals surface area contributed by atoms with Crippen LogP contribution in [0.4, 0.5) is 0 Å². The lowest BCUT2D eigenvalue weighted by atomic mass is 9.84. The van der Waals surface area contributed by atoms with Gasteiger partial charge in [-0.2, -0.15) is 0 Å². The molecule has 0 radical (unpaired) electrons. The molecule has 1 aromatic carbocycles. The van der Waals surface area contributed by atoms with E-state index in [1.165, 1.54) is 25.3 Å². The largest absolute Gasteiger partial charge is 0.490 e. The SMILES string of the molecule is CCC1CCCCC1Oc1ccc(S(=O)(=O)Cl)cc1C. The van der Waals surface area contributed by atoms with E-state index >= 15 is 0 Å². The fraction of sp³-hybridized carbons (Fsp3) is 0.600. The first kappa shape index (κ1) is 15.6. The van der Waals surface area contributed by atoms with Gasteiger partial charge in [-0.15, -0.1) is 0 Å². The second-order valence-electron chi connectivity index (χ2n) is 5.47. The van der Waals surface area contributed by atoms with Crippen molar-refractivity contribution in [3.8, 4) is 5.75 Å². The molecule has 0 heterocycles. The summed E-state index contributed by atoms with van der Waals surface area (Å²) in [7, 11) is 1.68. The van der Waals surface area contributed by atoms with Crippen molar-refractivity contribution in [2.45, 2.75) is 57.0 Å². The highest BCUT2D eigenvalue weighted by Crippen LogP contribution is 2.32. The molecule has 1 aliphatic carbocycles. The average Bonchev–Trinajstić information content (AvgIpc) is 2.40. The molecule has 5 heteroatoms. The molecule has 2 rings (SSSR count). The number of rotatable bonds is 4. The van der Waals surface area contributed by atoms with E-state index in [1.54, 1.807) is 12.1 Å². The summed E-state index contributed by atoms with van der Waals surface area (Å²) in [6.07, 6.45) is 6.14. The Labute approximate surface area is 125 Å². The standard InChI is InChI=1S/C15H21ClO3S/c1-3-12-6-4-5-7-15(12)19-14-9-8-13(10-11(14)2)20(16,17)18/h8-10,12,15H,3-7H2,1-2H3. The van der Waals surface area contributed by atoms with Crippen molar-refractivity contribution in [1.82, 2.24) is 0 Å². The summed E-state index contributed by atoms with van der Waals surface area (Å²) in [6, 6.07) is 4.79. The molecule has 1 fully saturated rings. The zero-order valence-electron chi connectivity index (χ0n) is 11.9. The molecule has 112 valence electrons. The van der Waals surface area contributed by atoms with Gasteiger partial charge in [0, 0.05) is 10.7 Å². The van der Waals surface area contributed by atoms with Crippen LogP contribution in [0.5, 0.6) is 5.75 Å². The van der Waals surface area contributed by atoms with Crippen LogP contribution in [0.2, 0.25) is 0 Å². The number of hydrogen-bond donors (Lipinski definition) is 0. The zero-order chi connectivity index (χ0) is 14.8. The summed E-state index contributed by atoms with van der Waals surface area (Å²) >= 11 is 0. The van der Waals surface area contributed by atoms with Gasteiger partial charge in [-0.1, -0.05) is 13.3 Å². The molecular weight excluding hydrogens is 296 g/mol. The highest BCUT2D eigenvalue weighted by molar-refractivity contribution is 8.13. The fourth-order valence-electron chi connectivity index (χ4n) is 2.86. The van der Waals surface area contributed by atoms with Gasteiger partial charge in [0.25, 0.3) is 9.05 Å². The quantitative estimate of drug-likeness (QED) is 0.779. The number of ether oxygens (including phenoxy) is 1. The Hall–Kier alpha value is -0.740. The predicted octanol–water partition coefficient (Wildman–Crippen LogP) is 4.27. The van der Waals surface area contributed by atoms with Gasteiger partial charge in [-0.05, 0) is 62.3 Å². The third kappa shape index (κ3) is 3.67. The molecular formula is C15H21ClO3S. The predicted molar refractivity (Wildman–Crippen MR) is 80.9 cm³/mol. The van der Waals surface area contributed by atoms with Crippen LogP contribution in [-0.2, 0) is 9.05 Å². The Morgan fingerprint density at radius 2 is 2.00 bits per heavy atom. The molecule has 2 unspecified atom stereocenters. The average molecular weight is 317 g/mol. The monoisotopic (exact) mass is 316 g/mol. The zero-order valence-corrected chi connectivity index (χ0v) is 13.5. The van der Waals surface area contributed by atoms with Crippen molar-refractivity contribution in [1.29, 1.82) is 0 Å². The van der Waals surface area contributed by atoms with E-state index in [-0.39, 0.29) is 11.0 Å². The van der Waals surface area contributed by atoms with Crippen LogP contribution < -0.4 is 4.74 Å². The Bertz CT molecular complexity index is 568. The molecule has 1 saturated carbocycles. The van der Waals surface area contributed by atoms with E-state index in [4.69, 9.17) is 15.4 Å². The minimum atomic E-state index is -3.67. The lowest BCUT2D eigenvalue weighted by molar-refractivity contribution is 0.0896. The van der Waals surface area contributed by atoms with Crippen molar-refractivity contribution in [3.05, 3.63) is 23.8 Å². The van der Waals surface area contributed by atoms with Gasteiger partial charge in [0.15, 0.2) is 0 Å². The highest BCUT2D eigenvalue weighted by Gasteiger charge is 2.25. The number of benzene rings is 1. The summed E-state index contributed by atoms with van der Waals surface area (Å²) in [6.45, 7) is 4.05. The first-order valence-electron chi connectivity index (χ1n) is 7.13. The molecule has 0 bridgehead atoms. The molecule has 20 heavy (non-hydrogen) atoms. The van der Waals surface area contributed by atoms with E-state index in [2.05, 4.69) is 6.92 Å².